The van der Waals surface area contributed by atoms with Crippen molar-refractivity contribution in [2.75, 3.05) is 18.5 Å². The van der Waals surface area contributed by atoms with Crippen molar-refractivity contribution in [3.63, 3.8) is 0 Å². The molecule has 1 aromatic carbocycles. The molecule has 1 saturated heterocycles. The molecule has 0 unspecified atom stereocenters. The first-order chi connectivity index (χ1) is 15.5. The number of nitrogens with zero attached hydrogens (tertiary/aromatic N) is 4. The number of ether oxygens (including phenoxy) is 1. The minimum atomic E-state index is -1.03. The minimum Gasteiger partial charge on any atom is -0.381 e. The van der Waals surface area contributed by atoms with Crippen LogP contribution in [-0.2, 0) is 4.74 Å². The molecule has 0 radical (unpaired) electrons. The van der Waals surface area contributed by atoms with E-state index in [9.17, 15) is 18.0 Å². The average molecular weight is 442 g/mol. The van der Waals surface area contributed by atoms with Crippen LogP contribution in [0.5, 0.6) is 0 Å². The third-order valence-corrected chi connectivity index (χ3v) is 5.42. The third kappa shape index (κ3) is 3.71. The molecule has 0 atom stereocenters. The number of hydrogen-bond acceptors (Lipinski definition) is 5. The quantitative estimate of drug-likeness (QED) is 0.502. The van der Waals surface area contributed by atoms with Crippen LogP contribution in [0.1, 0.15) is 34.9 Å². The molecule has 1 aliphatic rings. The van der Waals surface area contributed by atoms with Gasteiger partial charge in [0.1, 0.15) is 5.82 Å². The monoisotopic (exact) mass is 442 g/mol. The number of aromatic amines is 1. The number of hydrogen-bond donors (Lipinski definition) is 2. The van der Waals surface area contributed by atoms with Crippen molar-refractivity contribution in [2.24, 2.45) is 0 Å². The summed E-state index contributed by atoms with van der Waals surface area (Å²) in [6, 6.07) is 3.29. The molecule has 8 nitrogen and oxygen atoms in total. The largest absolute Gasteiger partial charge is 0.381 e. The lowest BCUT2D eigenvalue weighted by Gasteiger charge is -2.21. The van der Waals surface area contributed by atoms with Crippen molar-refractivity contribution in [1.82, 2.24) is 25.0 Å². The van der Waals surface area contributed by atoms with E-state index in [1.54, 1.807) is 0 Å². The van der Waals surface area contributed by atoms with Crippen LogP contribution in [0.15, 0.2) is 36.8 Å². The van der Waals surface area contributed by atoms with E-state index >= 15 is 0 Å². The summed E-state index contributed by atoms with van der Waals surface area (Å²) in [6.07, 6.45) is 5.64. The Labute approximate surface area is 179 Å². The van der Waals surface area contributed by atoms with Gasteiger partial charge in [0.05, 0.1) is 35.0 Å². The van der Waals surface area contributed by atoms with E-state index in [-0.39, 0.29) is 17.3 Å². The molecule has 1 aliphatic heterocycles. The van der Waals surface area contributed by atoms with E-state index in [0.717, 1.165) is 12.1 Å². The summed E-state index contributed by atoms with van der Waals surface area (Å²) in [7, 11) is 0. The maximum atomic E-state index is 14.6. The predicted molar refractivity (Wildman–Crippen MR) is 108 cm³/mol. The summed E-state index contributed by atoms with van der Waals surface area (Å²) >= 11 is 0. The van der Waals surface area contributed by atoms with Crippen LogP contribution < -0.4 is 5.32 Å². The van der Waals surface area contributed by atoms with E-state index in [2.05, 4.69) is 25.6 Å². The molecule has 4 heterocycles. The second-order valence-corrected chi connectivity index (χ2v) is 7.46. The normalized spacial score (nSPS) is 14.7. The van der Waals surface area contributed by atoms with Crippen molar-refractivity contribution >= 4 is 22.5 Å². The number of carbonyl (C=O) groups excluding carboxylic acids is 1. The zero-order valence-corrected chi connectivity index (χ0v) is 16.6. The Bertz CT molecular complexity index is 1310. The molecule has 0 spiro atoms. The highest BCUT2D eigenvalue weighted by Crippen LogP contribution is 2.28. The van der Waals surface area contributed by atoms with Gasteiger partial charge in [-0.25, -0.2) is 17.9 Å². The summed E-state index contributed by atoms with van der Waals surface area (Å²) in [5, 5.41) is 10.6. The number of H-pyrrole nitrogens is 1. The zero-order valence-electron chi connectivity index (χ0n) is 16.6. The van der Waals surface area contributed by atoms with Crippen LogP contribution in [-0.4, -0.2) is 44.1 Å². The van der Waals surface area contributed by atoms with Gasteiger partial charge in [0, 0.05) is 42.8 Å². The number of amides is 1. The predicted octanol–water partition coefficient (Wildman–Crippen LogP) is 3.71. The van der Waals surface area contributed by atoms with E-state index < -0.39 is 23.4 Å². The molecule has 0 saturated carbocycles. The number of anilines is 1. The lowest BCUT2D eigenvalue weighted by atomic mass is 9.95. The Morgan fingerprint density at radius 3 is 2.69 bits per heavy atom. The van der Waals surface area contributed by atoms with Crippen molar-refractivity contribution in [2.45, 2.75) is 18.8 Å². The fraction of sp³-hybridized carbons (Fsp3) is 0.238. The summed E-state index contributed by atoms with van der Waals surface area (Å²) < 4.78 is 48.1. The molecule has 32 heavy (non-hydrogen) atoms. The number of benzene rings is 1. The second kappa shape index (κ2) is 8.08. The van der Waals surface area contributed by atoms with Gasteiger partial charge in [-0.05, 0) is 18.9 Å². The third-order valence-electron chi connectivity index (χ3n) is 5.42. The molecule has 1 amide bonds. The molecule has 0 bridgehead atoms. The van der Waals surface area contributed by atoms with E-state index in [1.807, 2.05) is 0 Å². The van der Waals surface area contributed by atoms with Gasteiger partial charge in [-0.2, -0.15) is 0 Å². The van der Waals surface area contributed by atoms with Gasteiger partial charge >= 0.3 is 0 Å². The topological polar surface area (TPSA) is 97.7 Å². The van der Waals surface area contributed by atoms with Crippen LogP contribution in [0.2, 0.25) is 0 Å². The second-order valence-electron chi connectivity index (χ2n) is 7.46. The van der Waals surface area contributed by atoms with Gasteiger partial charge in [0.25, 0.3) is 5.91 Å². The Balaban J connectivity index is 1.35. The molecule has 1 fully saturated rings. The van der Waals surface area contributed by atoms with Gasteiger partial charge in [-0.15, -0.1) is 5.10 Å². The SMILES string of the molecule is O=C(Nc1c[nH]c2cc(F)c(F)cc12)c1cn(-c2cnc(C3CCOCC3)c(F)c2)nn1. The fourth-order valence-corrected chi connectivity index (χ4v) is 3.74. The van der Waals surface area contributed by atoms with E-state index in [0.29, 0.717) is 48.3 Å². The number of rotatable bonds is 4. The standard InChI is InChI=1S/C21H17F3N6O2/c22-14-6-13-17(7-15(14)23)25-9-18(13)27-21(31)19-10-30(29-28-19)12-5-16(24)20(26-8-12)11-1-3-32-4-2-11/h5-11,25H,1-4H2,(H,27,31). The Morgan fingerprint density at radius 2 is 1.91 bits per heavy atom. The number of aromatic nitrogens is 5. The molecule has 4 aromatic rings. The van der Waals surface area contributed by atoms with Gasteiger partial charge in [-0.1, -0.05) is 5.21 Å². The first kappa shape index (κ1) is 20.2. The maximum absolute atomic E-state index is 14.6. The number of fused-ring (bicyclic) bond motifs is 1. The van der Waals surface area contributed by atoms with Gasteiger partial charge < -0.3 is 15.0 Å². The summed E-state index contributed by atoms with van der Waals surface area (Å²) in [6.45, 7) is 1.15. The van der Waals surface area contributed by atoms with Crippen LogP contribution in [0, 0.1) is 17.5 Å². The highest BCUT2D eigenvalue weighted by Gasteiger charge is 2.22. The highest BCUT2D eigenvalue weighted by atomic mass is 19.2. The zero-order chi connectivity index (χ0) is 22.2. The molecular weight excluding hydrogens is 425 g/mol. The van der Waals surface area contributed by atoms with Crippen molar-refractivity contribution in [3.05, 3.63) is 65.6 Å². The smallest absolute Gasteiger partial charge is 0.277 e. The minimum absolute atomic E-state index is 0.00405. The Hall–Kier alpha value is -3.73. The van der Waals surface area contributed by atoms with E-state index in [1.165, 1.54) is 29.3 Å². The van der Waals surface area contributed by atoms with Crippen LogP contribution in [0.25, 0.3) is 16.6 Å². The molecular formula is C21H17F3N6O2. The fourth-order valence-electron chi connectivity index (χ4n) is 3.74. The highest BCUT2D eigenvalue weighted by molar-refractivity contribution is 6.07. The first-order valence-electron chi connectivity index (χ1n) is 9.93. The molecule has 0 aliphatic carbocycles. The molecule has 5 rings (SSSR count). The molecule has 2 N–H and O–H groups in total. The van der Waals surface area contributed by atoms with Gasteiger partial charge in [0.2, 0.25) is 0 Å². The first-order valence-corrected chi connectivity index (χ1v) is 9.93. The van der Waals surface area contributed by atoms with Crippen molar-refractivity contribution < 1.29 is 22.7 Å². The maximum Gasteiger partial charge on any atom is 0.277 e. The van der Waals surface area contributed by atoms with Crippen molar-refractivity contribution in [1.29, 1.82) is 0 Å². The lowest BCUT2D eigenvalue weighted by Crippen LogP contribution is -2.16. The Kier molecular flexibility index (Phi) is 5.10. The van der Waals surface area contributed by atoms with Gasteiger partial charge in [0.15, 0.2) is 17.3 Å². The van der Waals surface area contributed by atoms with E-state index in [4.69, 9.17) is 4.74 Å². The average Bonchev–Trinajstić information content (AvgIpc) is 3.43. The molecule has 164 valence electrons. The van der Waals surface area contributed by atoms with Crippen LogP contribution >= 0.6 is 0 Å². The number of halogens is 3. The van der Waals surface area contributed by atoms with Crippen LogP contribution in [0.4, 0.5) is 18.9 Å². The van der Waals surface area contributed by atoms with Crippen molar-refractivity contribution in [3.8, 4) is 5.69 Å². The Morgan fingerprint density at radius 1 is 1.12 bits per heavy atom. The number of carbonyl (C=O) groups is 1. The summed E-state index contributed by atoms with van der Waals surface area (Å²) in [4.78, 5) is 19.6. The lowest BCUT2D eigenvalue weighted by molar-refractivity contribution is 0.0837. The number of nitrogens with one attached hydrogen (secondary N) is 2. The summed E-state index contributed by atoms with van der Waals surface area (Å²) in [5.41, 5.74) is 1.24. The van der Waals surface area contributed by atoms with Gasteiger partial charge in [-0.3, -0.25) is 9.78 Å². The molecule has 3 aromatic heterocycles. The summed E-state index contributed by atoms with van der Waals surface area (Å²) in [5.74, 6) is -3.09. The molecule has 11 heteroatoms. The number of pyridine rings is 1. The van der Waals surface area contributed by atoms with Crippen LogP contribution in [0.3, 0.4) is 0 Å².